The molecule has 1 heterocycles. The van der Waals surface area contributed by atoms with Crippen molar-refractivity contribution in [3.8, 4) is 0 Å². The lowest BCUT2D eigenvalue weighted by molar-refractivity contribution is -0.162. The van der Waals surface area contributed by atoms with Crippen molar-refractivity contribution in [2.75, 3.05) is 0 Å². The van der Waals surface area contributed by atoms with Crippen molar-refractivity contribution in [2.24, 2.45) is 0 Å². The lowest BCUT2D eigenvalue weighted by Gasteiger charge is -2.16. The molecule has 3 nitrogen and oxygen atoms in total. The van der Waals surface area contributed by atoms with Gasteiger partial charge in [-0.25, -0.2) is 9.59 Å². The van der Waals surface area contributed by atoms with Gasteiger partial charge in [-0.1, -0.05) is 0 Å². The summed E-state index contributed by atoms with van der Waals surface area (Å²) in [5, 5.41) is 0. The zero-order valence-electron chi connectivity index (χ0n) is 8.65. The number of ether oxygens (including phenoxy) is 1. The summed E-state index contributed by atoms with van der Waals surface area (Å²) in [4.78, 5) is 22.1. The largest absolute Gasteiger partial charge is 0.417 e. The minimum Gasteiger partial charge on any atom is -0.386 e. The number of fused-ring (bicyclic) bond motifs is 1. The Morgan fingerprint density at radius 1 is 0.842 bits per heavy atom. The summed E-state index contributed by atoms with van der Waals surface area (Å²) in [6, 6.07) is 0.585. The Bertz CT molecular complexity index is 584. The Labute approximate surface area is 100 Å². The summed E-state index contributed by atoms with van der Waals surface area (Å²) in [5.41, 5.74) is -6.46. The quantitative estimate of drug-likeness (QED) is 0.418. The third kappa shape index (κ3) is 2.04. The SMILES string of the molecule is O=C1OC(=O)c2c1ccc(C(F)(F)F)c2C(F)(F)F. The third-order valence-electron chi connectivity index (χ3n) is 2.40. The van der Waals surface area contributed by atoms with Crippen molar-refractivity contribution in [1.29, 1.82) is 0 Å². The Balaban J connectivity index is 2.86. The Morgan fingerprint density at radius 2 is 1.42 bits per heavy atom. The van der Waals surface area contributed by atoms with Crippen molar-refractivity contribution >= 4 is 11.9 Å². The highest BCUT2D eigenvalue weighted by Crippen LogP contribution is 2.44. The van der Waals surface area contributed by atoms with Crippen LogP contribution in [0.5, 0.6) is 0 Å². The first-order chi connectivity index (χ1) is 8.53. The maximum atomic E-state index is 12.7. The standard InChI is InChI=1S/C10H2F6O3/c11-9(12,13)4-2-1-3-5(6(4)10(14,15)16)8(18)19-7(3)17/h1-2H. The van der Waals surface area contributed by atoms with Gasteiger partial charge in [-0.2, -0.15) is 26.3 Å². The molecule has 0 saturated carbocycles. The monoisotopic (exact) mass is 284 g/mol. The highest BCUT2D eigenvalue weighted by atomic mass is 19.4. The zero-order valence-corrected chi connectivity index (χ0v) is 8.65. The number of hydrogen-bond donors (Lipinski definition) is 0. The van der Waals surface area contributed by atoms with E-state index in [4.69, 9.17) is 0 Å². The summed E-state index contributed by atoms with van der Waals surface area (Å²) < 4.78 is 79.6. The first kappa shape index (κ1) is 13.4. The van der Waals surface area contributed by atoms with E-state index in [1.807, 2.05) is 0 Å². The molecule has 0 bridgehead atoms. The maximum absolute atomic E-state index is 12.7. The molecule has 0 radical (unpaired) electrons. The summed E-state index contributed by atoms with van der Waals surface area (Å²) in [6.07, 6.45) is -10.8. The Hall–Kier alpha value is -2.06. The number of benzene rings is 1. The van der Waals surface area contributed by atoms with Gasteiger partial charge in [-0.15, -0.1) is 0 Å². The number of cyclic esters (lactones) is 2. The van der Waals surface area contributed by atoms with Crippen LogP contribution in [0.3, 0.4) is 0 Å². The van der Waals surface area contributed by atoms with Crippen LogP contribution in [0.25, 0.3) is 0 Å². The van der Waals surface area contributed by atoms with Gasteiger partial charge in [0.1, 0.15) is 0 Å². The van der Waals surface area contributed by atoms with Crippen LogP contribution < -0.4 is 0 Å². The first-order valence-corrected chi connectivity index (χ1v) is 4.61. The molecule has 0 saturated heterocycles. The molecular weight excluding hydrogens is 282 g/mol. The second kappa shape index (κ2) is 3.72. The number of rotatable bonds is 0. The van der Waals surface area contributed by atoms with Crippen LogP contribution >= 0.6 is 0 Å². The van der Waals surface area contributed by atoms with E-state index in [1.54, 1.807) is 0 Å². The van der Waals surface area contributed by atoms with Gasteiger partial charge in [0.2, 0.25) is 0 Å². The lowest BCUT2D eigenvalue weighted by atomic mass is 9.96. The number of carbonyl (C=O) groups is 2. The molecule has 1 aliphatic rings. The second-order valence-electron chi connectivity index (χ2n) is 3.58. The summed E-state index contributed by atoms with van der Waals surface area (Å²) in [5.74, 6) is -3.14. The highest BCUT2D eigenvalue weighted by Gasteiger charge is 2.49. The van der Waals surface area contributed by atoms with Crippen LogP contribution in [-0.4, -0.2) is 11.9 Å². The molecule has 0 fully saturated rings. The van der Waals surface area contributed by atoms with Crippen LogP contribution in [0.1, 0.15) is 31.8 Å². The van der Waals surface area contributed by atoms with Gasteiger partial charge in [0.25, 0.3) is 0 Å². The molecule has 1 aromatic carbocycles. The van der Waals surface area contributed by atoms with Crippen LogP contribution in [0, 0.1) is 0 Å². The van der Waals surface area contributed by atoms with Crippen molar-refractivity contribution in [1.82, 2.24) is 0 Å². The van der Waals surface area contributed by atoms with Gasteiger partial charge in [-0.3, -0.25) is 0 Å². The van der Waals surface area contributed by atoms with Gasteiger partial charge < -0.3 is 4.74 Å². The third-order valence-corrected chi connectivity index (χ3v) is 2.40. The van der Waals surface area contributed by atoms with Gasteiger partial charge >= 0.3 is 24.3 Å². The number of hydrogen-bond acceptors (Lipinski definition) is 3. The topological polar surface area (TPSA) is 43.4 Å². The highest BCUT2D eigenvalue weighted by molar-refractivity contribution is 6.15. The minimum atomic E-state index is -5.44. The van der Waals surface area contributed by atoms with E-state index < -0.39 is 46.5 Å². The average Bonchev–Trinajstić information content (AvgIpc) is 2.51. The van der Waals surface area contributed by atoms with Crippen LogP contribution in [0.15, 0.2) is 12.1 Å². The van der Waals surface area contributed by atoms with E-state index in [-0.39, 0.29) is 6.07 Å². The smallest absolute Gasteiger partial charge is 0.386 e. The molecule has 2 rings (SSSR count). The molecule has 19 heavy (non-hydrogen) atoms. The maximum Gasteiger partial charge on any atom is 0.417 e. The van der Waals surface area contributed by atoms with E-state index in [9.17, 15) is 35.9 Å². The summed E-state index contributed by atoms with van der Waals surface area (Å²) in [7, 11) is 0. The van der Waals surface area contributed by atoms with E-state index in [1.165, 1.54) is 0 Å². The van der Waals surface area contributed by atoms with Gasteiger partial charge in [0, 0.05) is 0 Å². The fourth-order valence-electron chi connectivity index (χ4n) is 1.71. The fraction of sp³-hybridized carbons (Fsp3) is 0.200. The molecule has 1 aromatic rings. The molecule has 0 atom stereocenters. The molecule has 1 aliphatic heterocycles. The van der Waals surface area contributed by atoms with Crippen molar-refractivity contribution in [3.63, 3.8) is 0 Å². The molecular formula is C10H2F6O3. The Morgan fingerprint density at radius 3 is 1.89 bits per heavy atom. The summed E-state index contributed by atoms with van der Waals surface area (Å²) >= 11 is 0. The zero-order chi connectivity index (χ0) is 14.6. The molecule has 9 heteroatoms. The molecule has 0 amide bonds. The van der Waals surface area contributed by atoms with Crippen LogP contribution in [-0.2, 0) is 17.1 Å². The normalized spacial score (nSPS) is 15.5. The van der Waals surface area contributed by atoms with E-state index in [2.05, 4.69) is 4.74 Å². The molecule has 0 aromatic heterocycles. The lowest BCUT2D eigenvalue weighted by Crippen LogP contribution is -2.20. The number of esters is 2. The molecule has 102 valence electrons. The van der Waals surface area contributed by atoms with Gasteiger partial charge in [0.15, 0.2) is 0 Å². The molecule has 0 unspecified atom stereocenters. The number of halogens is 6. The molecule has 0 N–H and O–H groups in total. The second-order valence-corrected chi connectivity index (χ2v) is 3.58. The predicted molar refractivity (Wildman–Crippen MR) is 46.2 cm³/mol. The van der Waals surface area contributed by atoms with Gasteiger partial charge in [0.05, 0.1) is 22.3 Å². The average molecular weight is 284 g/mol. The van der Waals surface area contributed by atoms with E-state index >= 15 is 0 Å². The minimum absolute atomic E-state index is 0.0987. The van der Waals surface area contributed by atoms with Crippen LogP contribution in [0.4, 0.5) is 26.3 Å². The fourth-order valence-corrected chi connectivity index (χ4v) is 1.71. The number of alkyl halides is 6. The Kier molecular flexibility index (Phi) is 2.62. The molecule has 0 aliphatic carbocycles. The van der Waals surface area contributed by atoms with Crippen LogP contribution in [0.2, 0.25) is 0 Å². The first-order valence-electron chi connectivity index (χ1n) is 4.61. The van der Waals surface area contributed by atoms with E-state index in [0.717, 1.165) is 0 Å². The van der Waals surface area contributed by atoms with Crippen molar-refractivity contribution in [2.45, 2.75) is 12.4 Å². The molecule has 0 spiro atoms. The van der Waals surface area contributed by atoms with Crippen molar-refractivity contribution in [3.05, 3.63) is 34.4 Å². The van der Waals surface area contributed by atoms with Gasteiger partial charge in [-0.05, 0) is 12.1 Å². The summed E-state index contributed by atoms with van der Waals surface area (Å²) in [6.45, 7) is 0. The van der Waals surface area contributed by atoms with E-state index in [0.29, 0.717) is 6.07 Å². The van der Waals surface area contributed by atoms with Crippen molar-refractivity contribution < 1.29 is 40.7 Å². The predicted octanol–water partition coefficient (Wildman–Crippen LogP) is 3.03. The number of carbonyl (C=O) groups excluding carboxylic acids is 2.